The van der Waals surface area contributed by atoms with Crippen LogP contribution in [0.25, 0.3) is 0 Å². The number of nitrogens with zero attached hydrogens (tertiary/aromatic N) is 2. The molecule has 2 aromatic carbocycles. The minimum Gasteiger partial charge on any atom is -0.342 e. The Kier molecular flexibility index (Phi) is 7.63. The Balaban J connectivity index is 1.53. The lowest BCUT2D eigenvalue weighted by Gasteiger charge is -2.21. The molecule has 3 rings (SSSR count). The molecule has 1 aliphatic heterocycles. The van der Waals surface area contributed by atoms with Crippen molar-refractivity contribution < 1.29 is 27.6 Å². The highest BCUT2D eigenvalue weighted by atomic mass is 35.5. The summed E-state index contributed by atoms with van der Waals surface area (Å²) >= 11 is 5.58. The molecule has 1 aliphatic rings. The number of amides is 3. The molecule has 2 aromatic rings. The van der Waals surface area contributed by atoms with Gasteiger partial charge in [0.25, 0.3) is 0 Å². The van der Waals surface area contributed by atoms with Crippen molar-refractivity contribution >= 4 is 35.0 Å². The molecular formula is C23H23ClF3N3O3. The third kappa shape index (κ3) is 6.47. The van der Waals surface area contributed by atoms with Crippen molar-refractivity contribution in [3.63, 3.8) is 0 Å². The van der Waals surface area contributed by atoms with Crippen LogP contribution in [0.15, 0.2) is 48.5 Å². The summed E-state index contributed by atoms with van der Waals surface area (Å²) in [7, 11) is 1.42. The molecule has 0 aliphatic carbocycles. The second-order valence-corrected chi connectivity index (χ2v) is 8.32. The SMILES string of the molecule is CN(CC(=O)Nc1ccc(Cl)c(C(F)(F)F)c1)C(=O)[C@H]1CC(=O)N(CCc2ccccc2)C1. The van der Waals surface area contributed by atoms with E-state index in [1.165, 1.54) is 18.0 Å². The van der Waals surface area contributed by atoms with Crippen molar-refractivity contribution in [3.8, 4) is 0 Å². The summed E-state index contributed by atoms with van der Waals surface area (Å²) in [4.78, 5) is 40.1. The Morgan fingerprint density at radius 1 is 1.18 bits per heavy atom. The Labute approximate surface area is 194 Å². The van der Waals surface area contributed by atoms with Gasteiger partial charge in [-0.1, -0.05) is 41.9 Å². The quantitative estimate of drug-likeness (QED) is 0.653. The summed E-state index contributed by atoms with van der Waals surface area (Å²) in [5.74, 6) is -1.72. The van der Waals surface area contributed by atoms with Crippen LogP contribution in [0.1, 0.15) is 17.5 Å². The van der Waals surface area contributed by atoms with Gasteiger partial charge in [-0.2, -0.15) is 13.2 Å². The fourth-order valence-electron chi connectivity index (χ4n) is 3.69. The number of anilines is 1. The minimum atomic E-state index is -4.66. The Hall–Kier alpha value is -3.07. The molecule has 0 spiro atoms. The number of nitrogens with one attached hydrogen (secondary N) is 1. The standard InChI is InChI=1S/C23H23ClF3N3O3/c1-29(14-20(31)28-17-7-8-19(24)18(12-17)23(25,26)27)22(33)16-11-21(32)30(13-16)10-9-15-5-3-2-4-6-15/h2-8,12,16H,9-11,13-14H2,1H3,(H,28,31)/t16-/m0/s1. The highest BCUT2D eigenvalue weighted by molar-refractivity contribution is 6.31. The van der Waals surface area contributed by atoms with E-state index in [1.54, 1.807) is 4.90 Å². The van der Waals surface area contributed by atoms with Crippen molar-refractivity contribution in [3.05, 3.63) is 64.7 Å². The number of likely N-dealkylation sites (tertiary alicyclic amines) is 1. The van der Waals surface area contributed by atoms with Gasteiger partial charge in [-0.3, -0.25) is 14.4 Å². The van der Waals surface area contributed by atoms with E-state index < -0.39 is 28.6 Å². The van der Waals surface area contributed by atoms with E-state index in [-0.39, 0.29) is 37.0 Å². The van der Waals surface area contributed by atoms with Crippen LogP contribution in [-0.2, 0) is 27.0 Å². The monoisotopic (exact) mass is 481 g/mol. The molecule has 6 nitrogen and oxygen atoms in total. The maximum atomic E-state index is 13.0. The van der Waals surface area contributed by atoms with Crippen molar-refractivity contribution in [2.75, 3.05) is 32.0 Å². The predicted molar refractivity (Wildman–Crippen MR) is 118 cm³/mol. The number of hydrogen-bond acceptors (Lipinski definition) is 3. The molecule has 0 bridgehead atoms. The molecule has 0 saturated carbocycles. The molecule has 10 heteroatoms. The van der Waals surface area contributed by atoms with Gasteiger partial charge in [0.05, 0.1) is 23.0 Å². The molecule has 1 saturated heterocycles. The topological polar surface area (TPSA) is 69.7 Å². The number of carbonyl (C=O) groups excluding carboxylic acids is 3. The second kappa shape index (κ2) is 10.2. The van der Waals surface area contributed by atoms with Gasteiger partial charge in [0, 0.05) is 32.2 Å². The van der Waals surface area contributed by atoms with Gasteiger partial charge in [0.15, 0.2) is 0 Å². The summed E-state index contributed by atoms with van der Waals surface area (Å²) < 4.78 is 39.0. The summed E-state index contributed by atoms with van der Waals surface area (Å²) in [5.41, 5.74) is -0.0584. The van der Waals surface area contributed by atoms with E-state index in [2.05, 4.69) is 5.32 Å². The summed E-state index contributed by atoms with van der Waals surface area (Å²) in [6.45, 7) is 0.398. The fourth-order valence-corrected chi connectivity index (χ4v) is 3.91. The largest absolute Gasteiger partial charge is 0.417 e. The van der Waals surface area contributed by atoms with Crippen LogP contribution in [0.5, 0.6) is 0 Å². The first kappa shape index (κ1) is 24.6. The van der Waals surface area contributed by atoms with Crippen LogP contribution in [0.2, 0.25) is 5.02 Å². The minimum absolute atomic E-state index is 0.0612. The van der Waals surface area contributed by atoms with Gasteiger partial charge < -0.3 is 15.1 Å². The van der Waals surface area contributed by atoms with Gasteiger partial charge in [-0.15, -0.1) is 0 Å². The highest BCUT2D eigenvalue weighted by Gasteiger charge is 2.36. The number of benzene rings is 2. The van der Waals surface area contributed by atoms with Crippen LogP contribution >= 0.6 is 11.6 Å². The first-order valence-corrected chi connectivity index (χ1v) is 10.7. The molecule has 176 valence electrons. The number of likely N-dealkylation sites (N-methyl/N-ethyl adjacent to an activating group) is 1. The average molecular weight is 482 g/mol. The molecule has 1 atom stereocenters. The van der Waals surface area contributed by atoms with Crippen LogP contribution < -0.4 is 5.32 Å². The summed E-state index contributed by atoms with van der Waals surface area (Å²) in [6.07, 6.45) is -3.93. The molecule has 1 fully saturated rings. The number of rotatable bonds is 7. The lowest BCUT2D eigenvalue weighted by Crippen LogP contribution is -2.39. The molecule has 0 aromatic heterocycles. The molecule has 33 heavy (non-hydrogen) atoms. The van der Waals surface area contributed by atoms with Crippen LogP contribution in [0.3, 0.4) is 0 Å². The first-order valence-electron chi connectivity index (χ1n) is 10.3. The normalized spacial score (nSPS) is 16.1. The highest BCUT2D eigenvalue weighted by Crippen LogP contribution is 2.36. The van der Waals surface area contributed by atoms with Gasteiger partial charge in [-0.05, 0) is 30.2 Å². The lowest BCUT2D eigenvalue weighted by atomic mass is 10.1. The summed E-state index contributed by atoms with van der Waals surface area (Å²) in [5, 5.41) is 1.87. The van der Waals surface area contributed by atoms with E-state index >= 15 is 0 Å². The van der Waals surface area contributed by atoms with Gasteiger partial charge in [0.2, 0.25) is 17.7 Å². The van der Waals surface area contributed by atoms with Crippen molar-refractivity contribution in [2.45, 2.75) is 19.0 Å². The van der Waals surface area contributed by atoms with E-state index in [4.69, 9.17) is 11.6 Å². The Morgan fingerprint density at radius 2 is 1.88 bits per heavy atom. The van der Waals surface area contributed by atoms with Crippen molar-refractivity contribution in [1.29, 1.82) is 0 Å². The van der Waals surface area contributed by atoms with E-state index in [1.807, 2.05) is 30.3 Å². The Bertz CT molecular complexity index is 1030. The summed E-state index contributed by atoms with van der Waals surface area (Å²) in [6, 6.07) is 12.7. The first-order chi connectivity index (χ1) is 15.5. The van der Waals surface area contributed by atoms with E-state index in [0.29, 0.717) is 13.0 Å². The smallest absolute Gasteiger partial charge is 0.342 e. The molecule has 1 heterocycles. The van der Waals surface area contributed by atoms with Gasteiger partial charge >= 0.3 is 6.18 Å². The van der Waals surface area contributed by atoms with Crippen molar-refractivity contribution in [1.82, 2.24) is 9.80 Å². The lowest BCUT2D eigenvalue weighted by molar-refractivity contribution is -0.137. The molecule has 3 amide bonds. The molecule has 0 radical (unpaired) electrons. The van der Waals surface area contributed by atoms with E-state index in [9.17, 15) is 27.6 Å². The van der Waals surface area contributed by atoms with Crippen LogP contribution in [0, 0.1) is 5.92 Å². The Morgan fingerprint density at radius 3 is 2.55 bits per heavy atom. The number of hydrogen-bond donors (Lipinski definition) is 1. The molecule has 0 unspecified atom stereocenters. The van der Waals surface area contributed by atoms with Gasteiger partial charge in [0.1, 0.15) is 0 Å². The zero-order valence-electron chi connectivity index (χ0n) is 17.9. The van der Waals surface area contributed by atoms with Crippen molar-refractivity contribution in [2.24, 2.45) is 5.92 Å². The average Bonchev–Trinajstić information content (AvgIpc) is 3.13. The third-order valence-corrected chi connectivity index (χ3v) is 5.72. The predicted octanol–water partition coefficient (Wildman–Crippen LogP) is 3.85. The number of alkyl halides is 3. The fraction of sp³-hybridized carbons (Fsp3) is 0.348. The number of carbonyl (C=O) groups is 3. The third-order valence-electron chi connectivity index (χ3n) is 5.39. The second-order valence-electron chi connectivity index (χ2n) is 7.91. The van der Waals surface area contributed by atoms with Gasteiger partial charge in [-0.25, -0.2) is 0 Å². The molecular weight excluding hydrogens is 459 g/mol. The van der Waals surface area contributed by atoms with E-state index in [0.717, 1.165) is 17.7 Å². The molecule has 1 N–H and O–H groups in total. The maximum absolute atomic E-state index is 13.0. The zero-order chi connectivity index (χ0) is 24.2. The van der Waals surface area contributed by atoms with Crippen LogP contribution in [-0.4, -0.2) is 54.2 Å². The van der Waals surface area contributed by atoms with Crippen LogP contribution in [0.4, 0.5) is 18.9 Å². The zero-order valence-corrected chi connectivity index (χ0v) is 18.6. The number of halogens is 4. The maximum Gasteiger partial charge on any atom is 0.417 e.